The summed E-state index contributed by atoms with van der Waals surface area (Å²) in [6.45, 7) is 3.10. The summed E-state index contributed by atoms with van der Waals surface area (Å²) >= 11 is 0. The number of ether oxygens (including phenoxy) is 1. The van der Waals surface area contributed by atoms with Crippen molar-refractivity contribution in [2.75, 3.05) is 12.3 Å². The number of benzene rings is 1. The Morgan fingerprint density at radius 3 is 2.92 bits per heavy atom. The van der Waals surface area contributed by atoms with Gasteiger partial charge in [-0.2, -0.15) is 0 Å². The quantitative estimate of drug-likeness (QED) is 0.719. The molecule has 0 heterocycles. The van der Waals surface area contributed by atoms with Crippen molar-refractivity contribution >= 4 is 5.69 Å². The van der Waals surface area contributed by atoms with Crippen LogP contribution in [0.1, 0.15) is 13.3 Å². The largest absolute Gasteiger partial charge is 0.493 e. The summed E-state index contributed by atoms with van der Waals surface area (Å²) in [5, 5.41) is 0. The van der Waals surface area contributed by atoms with E-state index in [1.165, 1.54) is 6.42 Å². The Balaban J connectivity index is 1.87. The molecular weight excluding hydrogens is 162 g/mol. The number of nitrogens with two attached hydrogens (primary N) is 1. The summed E-state index contributed by atoms with van der Waals surface area (Å²) in [7, 11) is 0. The third-order valence-corrected chi connectivity index (χ3v) is 2.60. The summed E-state index contributed by atoms with van der Waals surface area (Å²) < 4.78 is 5.60. The van der Waals surface area contributed by atoms with Crippen LogP contribution in [0.25, 0.3) is 0 Å². The van der Waals surface area contributed by atoms with Crippen molar-refractivity contribution in [3.63, 3.8) is 0 Å². The van der Waals surface area contributed by atoms with Gasteiger partial charge >= 0.3 is 0 Å². The summed E-state index contributed by atoms with van der Waals surface area (Å²) in [6.07, 6.45) is 1.31. The Hall–Kier alpha value is -1.18. The van der Waals surface area contributed by atoms with Crippen LogP contribution in [-0.4, -0.2) is 6.61 Å². The Bertz CT molecular complexity index is 298. The van der Waals surface area contributed by atoms with Crippen LogP contribution in [0, 0.1) is 11.8 Å². The van der Waals surface area contributed by atoms with Crippen molar-refractivity contribution in [2.24, 2.45) is 11.8 Å². The molecule has 0 bridgehead atoms. The van der Waals surface area contributed by atoms with Crippen molar-refractivity contribution < 1.29 is 4.74 Å². The fourth-order valence-electron chi connectivity index (χ4n) is 1.44. The zero-order chi connectivity index (χ0) is 9.26. The normalized spacial score (nSPS) is 25.6. The van der Waals surface area contributed by atoms with Gasteiger partial charge < -0.3 is 10.5 Å². The highest BCUT2D eigenvalue weighted by molar-refractivity contribution is 5.43. The number of nitrogen functional groups attached to an aromatic ring is 1. The molecule has 0 radical (unpaired) electrons. The van der Waals surface area contributed by atoms with Crippen LogP contribution in [0.2, 0.25) is 0 Å². The molecule has 0 aliphatic heterocycles. The predicted octanol–water partition coefficient (Wildman–Crippen LogP) is 2.30. The van der Waals surface area contributed by atoms with Crippen molar-refractivity contribution in [2.45, 2.75) is 13.3 Å². The van der Waals surface area contributed by atoms with Gasteiger partial charge in [-0.05, 0) is 30.4 Å². The Labute approximate surface area is 78.7 Å². The van der Waals surface area contributed by atoms with Gasteiger partial charge in [-0.3, -0.25) is 0 Å². The van der Waals surface area contributed by atoms with E-state index in [-0.39, 0.29) is 0 Å². The maximum atomic E-state index is 5.63. The summed E-state index contributed by atoms with van der Waals surface area (Å²) in [5.74, 6) is 2.50. The lowest BCUT2D eigenvalue weighted by Crippen LogP contribution is -2.00. The van der Waals surface area contributed by atoms with Crippen LogP contribution in [0.15, 0.2) is 24.3 Å². The Morgan fingerprint density at radius 2 is 2.31 bits per heavy atom. The van der Waals surface area contributed by atoms with Gasteiger partial charge in [-0.25, -0.2) is 0 Å². The van der Waals surface area contributed by atoms with Gasteiger partial charge in [0.05, 0.1) is 6.61 Å². The molecule has 0 amide bonds. The maximum Gasteiger partial charge on any atom is 0.121 e. The first kappa shape index (κ1) is 8.42. The summed E-state index contributed by atoms with van der Waals surface area (Å²) in [4.78, 5) is 0. The van der Waals surface area contributed by atoms with Gasteiger partial charge in [-0.15, -0.1) is 0 Å². The third-order valence-electron chi connectivity index (χ3n) is 2.60. The molecular formula is C11H15NO. The average Bonchev–Trinajstić information content (AvgIpc) is 2.79. The SMILES string of the molecule is C[C@H]1C[C@H]1COc1cccc(N)c1. The number of rotatable bonds is 3. The number of anilines is 1. The van der Waals surface area contributed by atoms with Crippen LogP contribution in [-0.2, 0) is 0 Å². The highest BCUT2D eigenvalue weighted by atomic mass is 16.5. The summed E-state index contributed by atoms with van der Waals surface area (Å²) in [6, 6.07) is 7.60. The van der Waals surface area contributed by atoms with Crippen LogP contribution in [0.3, 0.4) is 0 Å². The minimum Gasteiger partial charge on any atom is -0.493 e. The van der Waals surface area contributed by atoms with E-state index in [4.69, 9.17) is 10.5 Å². The third kappa shape index (κ3) is 2.14. The molecule has 0 unspecified atom stereocenters. The summed E-state index contributed by atoms with van der Waals surface area (Å²) in [5.41, 5.74) is 6.39. The zero-order valence-corrected chi connectivity index (χ0v) is 7.86. The molecule has 1 aromatic carbocycles. The van der Waals surface area contributed by atoms with Gasteiger partial charge in [0.1, 0.15) is 5.75 Å². The second-order valence-electron chi connectivity index (χ2n) is 3.86. The lowest BCUT2D eigenvalue weighted by atomic mass is 10.3. The molecule has 2 heteroatoms. The molecule has 1 aliphatic rings. The molecule has 1 aliphatic carbocycles. The first-order valence-electron chi connectivity index (χ1n) is 4.74. The van der Waals surface area contributed by atoms with Gasteiger partial charge in [0.25, 0.3) is 0 Å². The van der Waals surface area contributed by atoms with Crippen LogP contribution < -0.4 is 10.5 Å². The monoisotopic (exact) mass is 177 g/mol. The maximum absolute atomic E-state index is 5.63. The van der Waals surface area contributed by atoms with E-state index in [0.29, 0.717) is 0 Å². The van der Waals surface area contributed by atoms with Gasteiger partial charge in [0, 0.05) is 11.8 Å². The van der Waals surface area contributed by atoms with Gasteiger partial charge in [-0.1, -0.05) is 13.0 Å². The van der Waals surface area contributed by atoms with E-state index in [1.807, 2.05) is 24.3 Å². The van der Waals surface area contributed by atoms with Gasteiger partial charge in [0.2, 0.25) is 0 Å². The lowest BCUT2D eigenvalue weighted by molar-refractivity contribution is 0.293. The second kappa shape index (κ2) is 3.29. The molecule has 0 aromatic heterocycles. The van der Waals surface area contributed by atoms with E-state index in [0.717, 1.165) is 29.9 Å². The molecule has 1 fully saturated rings. The molecule has 0 spiro atoms. The predicted molar refractivity (Wildman–Crippen MR) is 53.6 cm³/mol. The van der Waals surface area contributed by atoms with E-state index >= 15 is 0 Å². The lowest BCUT2D eigenvalue weighted by Gasteiger charge is -2.05. The molecule has 2 atom stereocenters. The molecule has 70 valence electrons. The molecule has 2 rings (SSSR count). The second-order valence-corrected chi connectivity index (χ2v) is 3.86. The first-order chi connectivity index (χ1) is 6.25. The fourth-order valence-corrected chi connectivity index (χ4v) is 1.44. The van der Waals surface area contributed by atoms with Crippen LogP contribution >= 0.6 is 0 Å². The highest BCUT2D eigenvalue weighted by Gasteiger charge is 2.32. The van der Waals surface area contributed by atoms with E-state index < -0.39 is 0 Å². The topological polar surface area (TPSA) is 35.2 Å². The van der Waals surface area contributed by atoms with Crippen LogP contribution in [0.4, 0.5) is 5.69 Å². The number of hydrogen-bond acceptors (Lipinski definition) is 2. The fraction of sp³-hybridized carbons (Fsp3) is 0.455. The van der Waals surface area contributed by atoms with E-state index in [2.05, 4.69) is 6.92 Å². The Kier molecular flexibility index (Phi) is 2.13. The smallest absolute Gasteiger partial charge is 0.121 e. The molecule has 2 N–H and O–H groups in total. The van der Waals surface area contributed by atoms with Crippen molar-refractivity contribution in [3.05, 3.63) is 24.3 Å². The molecule has 1 saturated carbocycles. The number of hydrogen-bond donors (Lipinski definition) is 1. The minimum absolute atomic E-state index is 0.765. The minimum atomic E-state index is 0.765. The van der Waals surface area contributed by atoms with E-state index in [1.54, 1.807) is 0 Å². The van der Waals surface area contributed by atoms with Crippen molar-refractivity contribution in [3.8, 4) is 5.75 Å². The molecule has 1 aromatic rings. The average molecular weight is 177 g/mol. The standard InChI is InChI=1S/C11H15NO/c1-8-5-9(8)7-13-11-4-2-3-10(12)6-11/h2-4,6,8-9H,5,7,12H2,1H3/t8-,9-/m0/s1. The molecule has 2 nitrogen and oxygen atoms in total. The Morgan fingerprint density at radius 1 is 1.54 bits per heavy atom. The van der Waals surface area contributed by atoms with Crippen LogP contribution in [0.5, 0.6) is 5.75 Å². The molecule has 0 saturated heterocycles. The van der Waals surface area contributed by atoms with Crippen molar-refractivity contribution in [1.29, 1.82) is 0 Å². The van der Waals surface area contributed by atoms with E-state index in [9.17, 15) is 0 Å². The zero-order valence-electron chi connectivity index (χ0n) is 7.86. The highest BCUT2D eigenvalue weighted by Crippen LogP contribution is 2.37. The first-order valence-corrected chi connectivity index (χ1v) is 4.74. The van der Waals surface area contributed by atoms with Gasteiger partial charge in [0.15, 0.2) is 0 Å². The van der Waals surface area contributed by atoms with Crippen molar-refractivity contribution in [1.82, 2.24) is 0 Å². The molecule has 13 heavy (non-hydrogen) atoms.